The highest BCUT2D eigenvalue weighted by Crippen LogP contribution is 2.33. The second-order valence-corrected chi connectivity index (χ2v) is 6.61. The molecule has 0 unspecified atom stereocenters. The number of nitrogens with one attached hydrogen (secondary N) is 2. The highest BCUT2D eigenvalue weighted by molar-refractivity contribution is 7.99. The van der Waals surface area contributed by atoms with E-state index in [4.69, 9.17) is 0 Å². The first-order valence-electron chi connectivity index (χ1n) is 7.71. The number of para-hydroxylation sites is 1. The Labute approximate surface area is 135 Å². The first kappa shape index (κ1) is 15.0. The summed E-state index contributed by atoms with van der Waals surface area (Å²) in [5.74, 6) is 0. The molecule has 1 aliphatic rings. The Balaban J connectivity index is 1.66. The molecule has 0 aliphatic heterocycles. The van der Waals surface area contributed by atoms with E-state index >= 15 is 0 Å². The van der Waals surface area contributed by atoms with Crippen molar-refractivity contribution < 1.29 is 4.79 Å². The Morgan fingerprint density at radius 2 is 1.64 bits per heavy atom. The molecule has 0 aromatic heterocycles. The van der Waals surface area contributed by atoms with E-state index in [0.717, 1.165) is 28.3 Å². The van der Waals surface area contributed by atoms with Crippen LogP contribution >= 0.6 is 11.8 Å². The van der Waals surface area contributed by atoms with Gasteiger partial charge in [0.15, 0.2) is 0 Å². The summed E-state index contributed by atoms with van der Waals surface area (Å²) in [4.78, 5) is 14.4. The lowest BCUT2D eigenvalue weighted by Crippen LogP contribution is -2.36. The summed E-state index contributed by atoms with van der Waals surface area (Å²) >= 11 is 1.66. The van der Waals surface area contributed by atoms with Crippen molar-refractivity contribution in [2.24, 2.45) is 0 Å². The van der Waals surface area contributed by atoms with Crippen molar-refractivity contribution >= 4 is 23.5 Å². The molecule has 0 heterocycles. The van der Waals surface area contributed by atoms with Crippen molar-refractivity contribution in [1.82, 2.24) is 5.32 Å². The van der Waals surface area contributed by atoms with Crippen LogP contribution in [-0.2, 0) is 0 Å². The fourth-order valence-electron chi connectivity index (χ4n) is 2.69. The lowest BCUT2D eigenvalue weighted by molar-refractivity contribution is 0.248. The van der Waals surface area contributed by atoms with Crippen molar-refractivity contribution in [2.45, 2.75) is 41.5 Å². The van der Waals surface area contributed by atoms with Gasteiger partial charge in [0, 0.05) is 15.8 Å². The quantitative estimate of drug-likeness (QED) is 0.843. The zero-order chi connectivity index (χ0) is 15.2. The molecule has 1 saturated carbocycles. The molecule has 2 amide bonds. The van der Waals surface area contributed by atoms with E-state index in [-0.39, 0.29) is 6.03 Å². The first-order valence-corrected chi connectivity index (χ1v) is 8.52. The maximum Gasteiger partial charge on any atom is 0.319 e. The maximum absolute atomic E-state index is 12.1. The summed E-state index contributed by atoms with van der Waals surface area (Å²) in [5, 5.41) is 6.05. The van der Waals surface area contributed by atoms with E-state index < -0.39 is 0 Å². The van der Waals surface area contributed by atoms with Crippen LogP contribution in [-0.4, -0.2) is 12.1 Å². The minimum absolute atomic E-state index is 0.104. The third-order valence-electron chi connectivity index (χ3n) is 3.80. The SMILES string of the molecule is O=C(Nc1ccccc1Sc1ccccc1)NC1CCCC1. The Hall–Kier alpha value is -1.94. The first-order chi connectivity index (χ1) is 10.8. The summed E-state index contributed by atoms with van der Waals surface area (Å²) < 4.78 is 0. The van der Waals surface area contributed by atoms with Gasteiger partial charge in [-0.15, -0.1) is 0 Å². The largest absolute Gasteiger partial charge is 0.335 e. The molecule has 0 radical (unpaired) electrons. The highest BCUT2D eigenvalue weighted by atomic mass is 32.2. The minimum atomic E-state index is -0.104. The van der Waals surface area contributed by atoms with Gasteiger partial charge in [-0.05, 0) is 37.1 Å². The van der Waals surface area contributed by atoms with Crippen LogP contribution in [0.5, 0.6) is 0 Å². The van der Waals surface area contributed by atoms with Gasteiger partial charge in [0.25, 0.3) is 0 Å². The van der Waals surface area contributed by atoms with Crippen molar-refractivity contribution in [3.8, 4) is 0 Å². The maximum atomic E-state index is 12.1. The van der Waals surface area contributed by atoms with Gasteiger partial charge >= 0.3 is 6.03 Å². The molecule has 3 nitrogen and oxygen atoms in total. The smallest absolute Gasteiger partial charge is 0.319 e. The zero-order valence-electron chi connectivity index (χ0n) is 12.4. The molecule has 0 bridgehead atoms. The molecule has 1 aliphatic carbocycles. The summed E-state index contributed by atoms with van der Waals surface area (Å²) in [6.45, 7) is 0. The van der Waals surface area contributed by atoms with E-state index in [0.29, 0.717) is 6.04 Å². The lowest BCUT2D eigenvalue weighted by atomic mass is 10.2. The van der Waals surface area contributed by atoms with Gasteiger partial charge in [-0.1, -0.05) is 54.9 Å². The summed E-state index contributed by atoms with van der Waals surface area (Å²) in [6, 6.07) is 18.3. The van der Waals surface area contributed by atoms with Gasteiger partial charge < -0.3 is 10.6 Å². The Morgan fingerprint density at radius 1 is 0.955 bits per heavy atom. The Bertz CT molecular complexity index is 624. The van der Waals surface area contributed by atoms with Crippen LogP contribution in [0.4, 0.5) is 10.5 Å². The molecular weight excluding hydrogens is 292 g/mol. The van der Waals surface area contributed by atoms with Gasteiger partial charge in [0.05, 0.1) is 5.69 Å². The van der Waals surface area contributed by atoms with Crippen LogP contribution in [0.2, 0.25) is 0 Å². The number of carbonyl (C=O) groups is 1. The van der Waals surface area contributed by atoms with Gasteiger partial charge in [0.2, 0.25) is 0 Å². The second-order valence-electron chi connectivity index (χ2n) is 5.49. The molecule has 2 aromatic rings. The molecule has 22 heavy (non-hydrogen) atoms. The number of hydrogen-bond donors (Lipinski definition) is 2. The van der Waals surface area contributed by atoms with Crippen molar-refractivity contribution in [2.75, 3.05) is 5.32 Å². The Morgan fingerprint density at radius 3 is 2.41 bits per heavy atom. The molecule has 0 saturated heterocycles. The lowest BCUT2D eigenvalue weighted by Gasteiger charge is -2.15. The molecule has 3 rings (SSSR count). The predicted molar refractivity (Wildman–Crippen MR) is 91.4 cm³/mol. The zero-order valence-corrected chi connectivity index (χ0v) is 13.2. The average Bonchev–Trinajstić information content (AvgIpc) is 3.03. The molecule has 0 atom stereocenters. The van der Waals surface area contributed by atoms with Gasteiger partial charge in [-0.3, -0.25) is 0 Å². The number of anilines is 1. The topological polar surface area (TPSA) is 41.1 Å². The summed E-state index contributed by atoms with van der Waals surface area (Å²) in [5.41, 5.74) is 0.854. The van der Waals surface area contributed by atoms with Gasteiger partial charge in [0.1, 0.15) is 0 Å². The number of carbonyl (C=O) groups excluding carboxylic acids is 1. The number of amides is 2. The third-order valence-corrected chi connectivity index (χ3v) is 4.88. The summed E-state index contributed by atoms with van der Waals surface area (Å²) in [7, 11) is 0. The van der Waals surface area contributed by atoms with Crippen LogP contribution in [0.25, 0.3) is 0 Å². The highest BCUT2D eigenvalue weighted by Gasteiger charge is 2.17. The summed E-state index contributed by atoms with van der Waals surface area (Å²) in [6.07, 6.45) is 4.61. The van der Waals surface area contributed by atoms with E-state index in [1.54, 1.807) is 11.8 Å². The molecule has 0 spiro atoms. The minimum Gasteiger partial charge on any atom is -0.335 e. The van der Waals surface area contributed by atoms with Crippen LogP contribution in [0.3, 0.4) is 0 Å². The Kier molecular flexibility index (Phi) is 5.01. The van der Waals surface area contributed by atoms with E-state index in [1.165, 1.54) is 12.8 Å². The fraction of sp³-hybridized carbons (Fsp3) is 0.278. The van der Waals surface area contributed by atoms with E-state index in [2.05, 4.69) is 22.8 Å². The average molecular weight is 312 g/mol. The van der Waals surface area contributed by atoms with Gasteiger partial charge in [-0.2, -0.15) is 0 Å². The fourth-order valence-corrected chi connectivity index (χ4v) is 3.61. The standard InChI is InChI=1S/C18H20N2OS/c21-18(19-14-8-4-5-9-14)20-16-12-6-7-13-17(16)22-15-10-2-1-3-11-15/h1-3,6-7,10-14H,4-5,8-9H2,(H2,19,20,21). The number of benzene rings is 2. The number of urea groups is 1. The molecule has 1 fully saturated rings. The van der Waals surface area contributed by atoms with Crippen LogP contribution in [0.1, 0.15) is 25.7 Å². The molecule has 4 heteroatoms. The van der Waals surface area contributed by atoms with Gasteiger partial charge in [-0.25, -0.2) is 4.79 Å². The normalized spacial score (nSPS) is 14.7. The molecule has 114 valence electrons. The van der Waals surface area contributed by atoms with Crippen molar-refractivity contribution in [3.63, 3.8) is 0 Å². The molecule has 2 aromatic carbocycles. The van der Waals surface area contributed by atoms with E-state index in [9.17, 15) is 4.79 Å². The third kappa shape index (κ3) is 4.04. The van der Waals surface area contributed by atoms with Crippen LogP contribution < -0.4 is 10.6 Å². The predicted octanol–water partition coefficient (Wildman–Crippen LogP) is 4.90. The molecular formula is C18H20N2OS. The molecule has 2 N–H and O–H groups in total. The second kappa shape index (κ2) is 7.36. The van der Waals surface area contributed by atoms with E-state index in [1.807, 2.05) is 42.5 Å². The number of hydrogen-bond acceptors (Lipinski definition) is 2. The van der Waals surface area contributed by atoms with Crippen LogP contribution in [0, 0.1) is 0 Å². The van der Waals surface area contributed by atoms with Crippen LogP contribution in [0.15, 0.2) is 64.4 Å². The van der Waals surface area contributed by atoms with Crippen molar-refractivity contribution in [1.29, 1.82) is 0 Å². The monoisotopic (exact) mass is 312 g/mol. The number of rotatable bonds is 4. The van der Waals surface area contributed by atoms with Crippen molar-refractivity contribution in [3.05, 3.63) is 54.6 Å².